The summed E-state index contributed by atoms with van der Waals surface area (Å²) in [6, 6.07) is 4.28. The highest BCUT2D eigenvalue weighted by atomic mass is 35.5. The van der Waals surface area contributed by atoms with Gasteiger partial charge in [0, 0.05) is 25.8 Å². The lowest BCUT2D eigenvalue weighted by molar-refractivity contribution is -0.129. The Labute approximate surface area is 159 Å². The Morgan fingerprint density at radius 3 is 2.85 bits per heavy atom. The molecule has 0 unspecified atom stereocenters. The Morgan fingerprint density at radius 2 is 2.07 bits per heavy atom. The molecule has 2 aromatic heterocycles. The number of benzene rings is 1. The zero-order valence-corrected chi connectivity index (χ0v) is 15.1. The van der Waals surface area contributed by atoms with Crippen molar-refractivity contribution in [3.8, 4) is 0 Å². The number of hydrogen-bond acceptors (Lipinski definition) is 7. The molecule has 0 aliphatic carbocycles. The topological polar surface area (TPSA) is 87.1 Å². The van der Waals surface area contributed by atoms with Gasteiger partial charge in [-0.15, -0.1) is 0 Å². The van der Waals surface area contributed by atoms with E-state index in [9.17, 15) is 9.18 Å². The van der Waals surface area contributed by atoms with Crippen LogP contribution in [0.25, 0.3) is 11.0 Å². The fourth-order valence-corrected chi connectivity index (χ4v) is 2.91. The Kier molecular flexibility index (Phi) is 4.44. The van der Waals surface area contributed by atoms with Gasteiger partial charge in [0.25, 0.3) is 0 Å². The van der Waals surface area contributed by atoms with Gasteiger partial charge in [0.2, 0.25) is 11.9 Å². The number of amides is 1. The maximum Gasteiger partial charge on any atom is 0.242 e. The van der Waals surface area contributed by atoms with Gasteiger partial charge in [-0.05, 0) is 18.2 Å². The van der Waals surface area contributed by atoms with Gasteiger partial charge in [-0.25, -0.2) is 24.3 Å². The van der Waals surface area contributed by atoms with E-state index in [0.717, 1.165) is 0 Å². The van der Waals surface area contributed by atoms with Crippen molar-refractivity contribution in [1.29, 1.82) is 0 Å². The third-order valence-electron chi connectivity index (χ3n) is 4.29. The lowest BCUT2D eigenvalue weighted by Crippen LogP contribution is -2.49. The monoisotopic (exact) mass is 387 g/mol. The number of halogens is 2. The maximum atomic E-state index is 13.4. The first-order valence-electron chi connectivity index (χ1n) is 8.20. The Balaban J connectivity index is 1.69. The van der Waals surface area contributed by atoms with E-state index in [0.29, 0.717) is 41.6 Å². The van der Waals surface area contributed by atoms with E-state index < -0.39 is 5.82 Å². The van der Waals surface area contributed by atoms with Crippen molar-refractivity contribution in [2.75, 3.05) is 36.9 Å². The van der Waals surface area contributed by atoms with Gasteiger partial charge in [0.05, 0.1) is 17.8 Å². The van der Waals surface area contributed by atoms with Gasteiger partial charge in [0.1, 0.15) is 23.2 Å². The Morgan fingerprint density at radius 1 is 1.22 bits per heavy atom. The summed E-state index contributed by atoms with van der Waals surface area (Å²) in [4.78, 5) is 32.7. The first kappa shape index (κ1) is 17.3. The molecule has 1 aliphatic rings. The molecule has 0 spiro atoms. The van der Waals surface area contributed by atoms with E-state index >= 15 is 0 Å². The molecule has 1 amide bonds. The fourth-order valence-electron chi connectivity index (χ4n) is 2.73. The molecule has 0 saturated carbocycles. The number of carbonyl (C=O) groups is 1. The van der Waals surface area contributed by atoms with Crippen LogP contribution in [0.3, 0.4) is 0 Å². The number of anilines is 3. The van der Waals surface area contributed by atoms with Gasteiger partial charge in [-0.3, -0.25) is 4.79 Å². The third-order valence-corrected chi connectivity index (χ3v) is 4.58. The number of carbonyl (C=O) groups excluding carboxylic acids is 1. The second kappa shape index (κ2) is 6.92. The quantitative estimate of drug-likeness (QED) is 0.737. The molecule has 1 aromatic carbocycles. The van der Waals surface area contributed by atoms with Crippen LogP contribution >= 0.6 is 11.6 Å². The molecule has 4 rings (SSSR count). The molecular formula is C17H15ClFN7O. The predicted molar refractivity (Wildman–Crippen MR) is 99.7 cm³/mol. The highest BCUT2D eigenvalue weighted by molar-refractivity contribution is 6.31. The molecule has 138 valence electrons. The standard InChI is InChI=1S/C17H15ClFN7O/c1-25-4-5-26(8-14(25)27)17-20-7-13-15(24-17)16(22-9-21-13)23-10-2-3-12(19)11(18)6-10/h2-3,6-7,9H,4-5,8H2,1H3,(H,21,22,23). The van der Waals surface area contributed by atoms with Crippen molar-refractivity contribution >= 4 is 46.0 Å². The van der Waals surface area contributed by atoms with Gasteiger partial charge in [-0.1, -0.05) is 11.6 Å². The predicted octanol–water partition coefficient (Wildman–Crippen LogP) is 2.23. The highest BCUT2D eigenvalue weighted by Crippen LogP contribution is 2.25. The second-order valence-electron chi connectivity index (χ2n) is 6.12. The minimum absolute atomic E-state index is 0.00428. The van der Waals surface area contributed by atoms with Crippen molar-refractivity contribution in [3.63, 3.8) is 0 Å². The number of likely N-dealkylation sites (N-methyl/N-ethyl adjacent to an activating group) is 1. The van der Waals surface area contributed by atoms with E-state index in [-0.39, 0.29) is 17.5 Å². The van der Waals surface area contributed by atoms with Crippen LogP contribution in [0.4, 0.5) is 21.8 Å². The van der Waals surface area contributed by atoms with Crippen molar-refractivity contribution in [1.82, 2.24) is 24.8 Å². The molecule has 1 saturated heterocycles. The number of nitrogens with one attached hydrogen (secondary N) is 1. The van der Waals surface area contributed by atoms with Crippen LogP contribution < -0.4 is 10.2 Å². The van der Waals surface area contributed by atoms with Gasteiger partial charge in [0.15, 0.2) is 5.82 Å². The fraction of sp³-hybridized carbons (Fsp3) is 0.235. The van der Waals surface area contributed by atoms with Crippen LogP contribution in [0.2, 0.25) is 5.02 Å². The molecule has 0 atom stereocenters. The number of aromatic nitrogens is 4. The van der Waals surface area contributed by atoms with E-state index in [1.165, 1.54) is 18.5 Å². The van der Waals surface area contributed by atoms with Crippen molar-refractivity contribution < 1.29 is 9.18 Å². The van der Waals surface area contributed by atoms with Crippen molar-refractivity contribution in [2.45, 2.75) is 0 Å². The second-order valence-corrected chi connectivity index (χ2v) is 6.52. The molecule has 3 aromatic rings. The smallest absolute Gasteiger partial charge is 0.242 e. The van der Waals surface area contributed by atoms with E-state index in [4.69, 9.17) is 11.6 Å². The molecule has 0 radical (unpaired) electrons. The van der Waals surface area contributed by atoms with E-state index in [1.807, 2.05) is 4.90 Å². The van der Waals surface area contributed by atoms with Crippen LogP contribution in [-0.2, 0) is 4.79 Å². The average molecular weight is 388 g/mol. The lowest BCUT2D eigenvalue weighted by atomic mass is 10.3. The Bertz CT molecular complexity index is 1030. The normalized spacial score (nSPS) is 14.7. The van der Waals surface area contributed by atoms with Gasteiger partial charge in [-0.2, -0.15) is 0 Å². The summed E-state index contributed by atoms with van der Waals surface area (Å²) in [7, 11) is 1.77. The first-order chi connectivity index (χ1) is 13.0. The Hall–Kier alpha value is -3.07. The van der Waals surface area contributed by atoms with Gasteiger partial charge < -0.3 is 15.1 Å². The molecule has 10 heteroatoms. The number of rotatable bonds is 3. The van der Waals surface area contributed by atoms with Crippen LogP contribution in [0.1, 0.15) is 0 Å². The summed E-state index contributed by atoms with van der Waals surface area (Å²) in [5.41, 5.74) is 1.61. The highest BCUT2D eigenvalue weighted by Gasteiger charge is 2.23. The van der Waals surface area contributed by atoms with Gasteiger partial charge >= 0.3 is 0 Å². The average Bonchev–Trinajstić information content (AvgIpc) is 2.67. The van der Waals surface area contributed by atoms with E-state index in [2.05, 4.69) is 25.3 Å². The van der Waals surface area contributed by atoms with Crippen molar-refractivity contribution in [3.05, 3.63) is 41.6 Å². The van der Waals surface area contributed by atoms with Crippen LogP contribution in [0.15, 0.2) is 30.7 Å². The maximum absolute atomic E-state index is 13.4. The van der Waals surface area contributed by atoms with E-state index in [1.54, 1.807) is 24.2 Å². The molecule has 1 N–H and O–H groups in total. The molecule has 0 bridgehead atoms. The minimum Gasteiger partial charge on any atom is -0.342 e. The lowest BCUT2D eigenvalue weighted by Gasteiger charge is -2.31. The number of fused-ring (bicyclic) bond motifs is 1. The first-order valence-corrected chi connectivity index (χ1v) is 8.58. The summed E-state index contributed by atoms with van der Waals surface area (Å²) in [5.74, 6) is 0.374. The number of piperazine rings is 1. The summed E-state index contributed by atoms with van der Waals surface area (Å²) in [5, 5.41) is 3.08. The molecule has 8 nitrogen and oxygen atoms in total. The molecule has 1 fully saturated rings. The number of hydrogen-bond donors (Lipinski definition) is 1. The third kappa shape index (κ3) is 3.45. The largest absolute Gasteiger partial charge is 0.342 e. The molecule has 1 aliphatic heterocycles. The molecular weight excluding hydrogens is 373 g/mol. The number of nitrogens with zero attached hydrogens (tertiary/aromatic N) is 6. The minimum atomic E-state index is -0.501. The van der Waals surface area contributed by atoms with Crippen LogP contribution in [0.5, 0.6) is 0 Å². The van der Waals surface area contributed by atoms with Crippen molar-refractivity contribution in [2.24, 2.45) is 0 Å². The molecule has 3 heterocycles. The zero-order valence-electron chi connectivity index (χ0n) is 14.4. The SMILES string of the molecule is CN1CCN(c2ncc3ncnc(Nc4ccc(F)c(Cl)c4)c3n2)CC1=O. The summed E-state index contributed by atoms with van der Waals surface area (Å²) in [6.45, 7) is 1.45. The summed E-state index contributed by atoms with van der Waals surface area (Å²) in [6.07, 6.45) is 2.98. The summed E-state index contributed by atoms with van der Waals surface area (Å²) < 4.78 is 13.4. The van der Waals surface area contributed by atoms with Crippen LogP contribution in [-0.4, -0.2) is 57.4 Å². The van der Waals surface area contributed by atoms with Crippen LogP contribution in [0, 0.1) is 5.82 Å². The zero-order chi connectivity index (χ0) is 19.0. The molecule has 27 heavy (non-hydrogen) atoms. The summed E-state index contributed by atoms with van der Waals surface area (Å²) >= 11 is 5.83.